The molecule has 192 valence electrons. The van der Waals surface area contributed by atoms with Gasteiger partial charge in [-0.15, -0.1) is 4.68 Å². The van der Waals surface area contributed by atoms with Crippen LogP contribution in [0.4, 0.5) is 0 Å². The fraction of sp³-hybridized carbons (Fsp3) is 0.207. The quantitative estimate of drug-likeness (QED) is 0.246. The van der Waals surface area contributed by atoms with Gasteiger partial charge in [0.15, 0.2) is 5.69 Å². The van der Waals surface area contributed by atoms with Gasteiger partial charge in [-0.25, -0.2) is 0 Å². The molecule has 0 N–H and O–H groups in total. The summed E-state index contributed by atoms with van der Waals surface area (Å²) in [5, 5.41) is 16.4. The summed E-state index contributed by atoms with van der Waals surface area (Å²) in [5.41, 5.74) is 4.10. The maximum Gasteiger partial charge on any atom is 0.226 e. The molecule has 4 aromatic rings. The summed E-state index contributed by atoms with van der Waals surface area (Å²) >= 11 is 0. The summed E-state index contributed by atoms with van der Waals surface area (Å²) in [7, 11) is 5.05. The molecule has 0 radical (unpaired) electrons. The van der Waals surface area contributed by atoms with E-state index >= 15 is 0 Å². The molecule has 0 bridgehead atoms. The van der Waals surface area contributed by atoms with E-state index in [0.29, 0.717) is 23.6 Å². The van der Waals surface area contributed by atoms with Gasteiger partial charge in [0.25, 0.3) is 0 Å². The molecule has 1 aliphatic carbocycles. The SMILES string of the molecule is COc1cc(CC(=O)N(C)C)ccc1-c1ccc(CCn2c3c(n[n+]2[O-])C(=O)c2ccccc2C3=O)cc1. The van der Waals surface area contributed by atoms with Crippen LogP contribution in [0.3, 0.4) is 0 Å². The number of nitrogens with zero attached hydrogens (tertiary/aromatic N) is 4. The van der Waals surface area contributed by atoms with Crippen LogP contribution in [-0.4, -0.2) is 53.4 Å². The second-order valence-electron chi connectivity index (χ2n) is 9.32. The Bertz CT molecular complexity index is 1570. The van der Waals surface area contributed by atoms with Gasteiger partial charge < -0.3 is 14.8 Å². The lowest BCUT2D eigenvalue weighted by Gasteiger charge is -2.14. The van der Waals surface area contributed by atoms with Gasteiger partial charge in [-0.05, 0) is 29.2 Å². The Kier molecular flexibility index (Phi) is 6.50. The molecule has 1 aliphatic rings. The molecule has 0 atom stereocenters. The lowest BCUT2D eigenvalue weighted by molar-refractivity contribution is -0.749. The molecule has 9 heteroatoms. The van der Waals surface area contributed by atoms with Crippen molar-refractivity contribution in [1.82, 2.24) is 14.7 Å². The molecule has 1 amide bonds. The first-order valence-electron chi connectivity index (χ1n) is 12.1. The van der Waals surface area contributed by atoms with E-state index in [-0.39, 0.29) is 40.7 Å². The second-order valence-corrected chi connectivity index (χ2v) is 9.32. The summed E-state index contributed by atoms with van der Waals surface area (Å²) in [5.74, 6) is -0.120. The Morgan fingerprint density at radius 2 is 1.61 bits per heavy atom. The molecular formula is C29H26N4O5. The number of carbonyl (C=O) groups is 3. The minimum Gasteiger partial charge on any atom is -0.571 e. The number of hydrogen-bond donors (Lipinski definition) is 0. The van der Waals surface area contributed by atoms with Crippen molar-refractivity contribution >= 4 is 17.5 Å². The molecule has 1 aromatic heterocycles. The van der Waals surface area contributed by atoms with E-state index in [2.05, 4.69) is 5.10 Å². The van der Waals surface area contributed by atoms with Gasteiger partial charge in [0.05, 0.1) is 20.1 Å². The lowest BCUT2D eigenvalue weighted by atomic mass is 9.90. The van der Waals surface area contributed by atoms with E-state index in [1.165, 1.54) is 4.68 Å². The number of likely N-dealkylation sites (N-methyl/N-ethyl adjacent to an activating group) is 1. The van der Waals surface area contributed by atoms with E-state index in [0.717, 1.165) is 22.3 Å². The Morgan fingerprint density at radius 1 is 0.947 bits per heavy atom. The summed E-state index contributed by atoms with van der Waals surface area (Å²) in [6, 6.07) is 20.0. The summed E-state index contributed by atoms with van der Waals surface area (Å²) in [4.78, 5) is 39.8. The maximum absolute atomic E-state index is 13.1. The van der Waals surface area contributed by atoms with Gasteiger partial charge in [-0.1, -0.05) is 60.7 Å². The van der Waals surface area contributed by atoms with E-state index in [1.54, 1.807) is 50.4 Å². The van der Waals surface area contributed by atoms with Crippen LogP contribution in [0, 0.1) is 5.21 Å². The zero-order valence-electron chi connectivity index (χ0n) is 21.3. The number of aromatic nitrogens is 3. The monoisotopic (exact) mass is 510 g/mol. The number of benzene rings is 3. The number of ketones is 2. The molecule has 38 heavy (non-hydrogen) atoms. The van der Waals surface area contributed by atoms with Crippen molar-refractivity contribution in [2.24, 2.45) is 0 Å². The largest absolute Gasteiger partial charge is 0.571 e. The Balaban J connectivity index is 1.34. The van der Waals surface area contributed by atoms with E-state index in [9.17, 15) is 19.6 Å². The average Bonchev–Trinajstić information content (AvgIpc) is 3.27. The third-order valence-electron chi connectivity index (χ3n) is 6.72. The number of carbonyl (C=O) groups excluding carboxylic acids is 3. The van der Waals surface area contributed by atoms with Crippen LogP contribution in [-0.2, 0) is 24.2 Å². The number of rotatable bonds is 7. The fourth-order valence-corrected chi connectivity index (χ4v) is 4.61. The molecule has 9 nitrogen and oxygen atoms in total. The second kappa shape index (κ2) is 9.93. The number of amides is 1. The number of ether oxygens (including phenoxy) is 1. The summed E-state index contributed by atoms with van der Waals surface area (Å²) in [6.07, 6.45) is 0.747. The van der Waals surface area contributed by atoms with Crippen molar-refractivity contribution in [3.8, 4) is 16.9 Å². The highest BCUT2D eigenvalue weighted by Gasteiger charge is 2.39. The Labute approximate surface area is 219 Å². The van der Waals surface area contributed by atoms with Crippen molar-refractivity contribution in [1.29, 1.82) is 0 Å². The van der Waals surface area contributed by atoms with Gasteiger partial charge in [-0.3, -0.25) is 14.4 Å². The minimum absolute atomic E-state index is 0.0120. The molecule has 3 aromatic carbocycles. The van der Waals surface area contributed by atoms with Gasteiger partial charge >= 0.3 is 0 Å². The maximum atomic E-state index is 13.1. The van der Waals surface area contributed by atoms with E-state index in [4.69, 9.17) is 4.74 Å². The Hall–Kier alpha value is -4.79. The molecule has 0 fully saturated rings. The van der Waals surface area contributed by atoms with Crippen LogP contribution in [0.5, 0.6) is 5.75 Å². The molecule has 0 unspecified atom stereocenters. The Morgan fingerprint density at radius 3 is 2.26 bits per heavy atom. The first-order chi connectivity index (χ1) is 18.3. The van der Waals surface area contributed by atoms with Crippen LogP contribution < -0.4 is 9.70 Å². The van der Waals surface area contributed by atoms with E-state index in [1.807, 2.05) is 42.5 Å². The van der Waals surface area contributed by atoms with Gasteiger partial charge in [-0.2, -0.15) is 0 Å². The number of methoxy groups -OCH3 is 1. The molecule has 0 spiro atoms. The molecule has 0 saturated heterocycles. The number of fused-ring (bicyclic) bond motifs is 2. The average molecular weight is 511 g/mol. The number of hydrogen-bond acceptors (Lipinski definition) is 6. The highest BCUT2D eigenvalue weighted by Crippen LogP contribution is 2.31. The zero-order chi connectivity index (χ0) is 27.0. The van der Waals surface area contributed by atoms with Crippen molar-refractivity contribution in [3.05, 3.63) is 106 Å². The van der Waals surface area contributed by atoms with Crippen LogP contribution in [0.2, 0.25) is 0 Å². The predicted octanol–water partition coefficient (Wildman–Crippen LogP) is 2.84. The first-order valence-corrected chi connectivity index (χ1v) is 12.1. The van der Waals surface area contributed by atoms with Crippen LogP contribution in [0.25, 0.3) is 11.1 Å². The first kappa shape index (κ1) is 24.9. The smallest absolute Gasteiger partial charge is 0.226 e. The molecular weight excluding hydrogens is 484 g/mol. The van der Waals surface area contributed by atoms with E-state index < -0.39 is 5.78 Å². The summed E-state index contributed by atoms with van der Waals surface area (Å²) in [6.45, 7) is 0.185. The van der Waals surface area contributed by atoms with Gasteiger partial charge in [0, 0.05) is 40.8 Å². The lowest BCUT2D eigenvalue weighted by Crippen LogP contribution is -2.41. The van der Waals surface area contributed by atoms with Crippen molar-refractivity contribution in [2.45, 2.75) is 19.4 Å². The molecule has 1 heterocycles. The third-order valence-corrected chi connectivity index (χ3v) is 6.72. The molecule has 0 saturated carbocycles. The van der Waals surface area contributed by atoms with Crippen LogP contribution in [0.1, 0.15) is 43.2 Å². The number of aryl methyl sites for hydroxylation is 1. The normalized spacial score (nSPS) is 12.2. The highest BCUT2D eigenvalue weighted by atomic mass is 16.5. The molecule has 5 rings (SSSR count). The topological polar surface area (TPSA) is 108 Å². The minimum atomic E-state index is -0.422. The van der Waals surface area contributed by atoms with Crippen molar-refractivity contribution < 1.29 is 24.1 Å². The summed E-state index contributed by atoms with van der Waals surface area (Å²) < 4.78 is 6.81. The van der Waals surface area contributed by atoms with Gasteiger partial charge in [0.2, 0.25) is 23.2 Å². The van der Waals surface area contributed by atoms with Gasteiger partial charge in [0.1, 0.15) is 5.75 Å². The fourth-order valence-electron chi connectivity index (χ4n) is 4.61. The predicted molar refractivity (Wildman–Crippen MR) is 139 cm³/mol. The van der Waals surface area contributed by atoms with Crippen LogP contribution in [0.15, 0.2) is 66.7 Å². The van der Waals surface area contributed by atoms with Crippen molar-refractivity contribution in [3.63, 3.8) is 0 Å². The third kappa shape index (κ3) is 4.43. The van der Waals surface area contributed by atoms with Crippen molar-refractivity contribution in [2.75, 3.05) is 21.2 Å². The standard InChI is InChI=1S/C29H26N4O5/c1-31(2)25(34)17-19-10-13-21(24(16-19)38-3)20-11-8-18(9-12-20)14-15-32-27-26(30-33(32)37)28(35)22-6-4-5-7-23(22)29(27)36/h4-13,16H,14-15,17H2,1-3H3. The zero-order valence-corrected chi connectivity index (χ0v) is 21.3. The van der Waals surface area contributed by atoms with Crippen LogP contribution >= 0.6 is 0 Å². The highest BCUT2D eigenvalue weighted by molar-refractivity contribution is 6.26. The molecule has 0 aliphatic heterocycles.